The van der Waals surface area contributed by atoms with E-state index in [4.69, 9.17) is 9.94 Å². The van der Waals surface area contributed by atoms with Gasteiger partial charge in [-0.25, -0.2) is 13.9 Å². The molecule has 2 aromatic rings. The first-order valence-electron chi connectivity index (χ1n) is 11.0. The van der Waals surface area contributed by atoms with Gasteiger partial charge in [-0.2, -0.15) is 0 Å². The number of nitrogens with zero attached hydrogens (tertiary/aromatic N) is 1. The number of ether oxygens (including phenoxy) is 1. The Bertz CT molecular complexity index is 1100. The number of hydroxylamine groups is 1. The molecule has 10 heteroatoms. The molecule has 1 aromatic heterocycles. The van der Waals surface area contributed by atoms with Crippen molar-refractivity contribution >= 4 is 21.7 Å². The number of sulfone groups is 1. The van der Waals surface area contributed by atoms with Crippen molar-refractivity contribution < 1.29 is 28.0 Å². The molecule has 3 N–H and O–H groups in total. The second-order valence-corrected chi connectivity index (χ2v) is 10.7. The van der Waals surface area contributed by atoms with Gasteiger partial charge >= 0.3 is 0 Å². The number of aromatic nitrogens is 1. The van der Waals surface area contributed by atoms with Crippen LogP contribution < -0.4 is 10.8 Å². The van der Waals surface area contributed by atoms with Gasteiger partial charge in [0.05, 0.1) is 16.2 Å². The molecule has 2 aliphatic rings. The summed E-state index contributed by atoms with van der Waals surface area (Å²) in [5, 5.41) is 12.2. The van der Waals surface area contributed by atoms with E-state index in [0.29, 0.717) is 16.8 Å². The summed E-state index contributed by atoms with van der Waals surface area (Å²) < 4.78 is 30.1. The molecule has 0 spiro atoms. The highest BCUT2D eigenvalue weighted by Crippen LogP contribution is 2.36. The molecule has 2 fully saturated rings. The van der Waals surface area contributed by atoms with E-state index in [2.05, 4.69) is 10.3 Å². The van der Waals surface area contributed by atoms with Crippen LogP contribution in [0.25, 0.3) is 11.3 Å². The number of amides is 2. The highest BCUT2D eigenvalue weighted by Gasteiger charge is 2.52. The average molecular weight is 474 g/mol. The molecule has 2 amide bonds. The number of rotatable bonds is 6. The van der Waals surface area contributed by atoms with Crippen LogP contribution in [0.1, 0.15) is 48.9 Å². The average Bonchev–Trinajstić information content (AvgIpc) is 3.37. The molecular weight excluding hydrogens is 446 g/mol. The Hall–Kier alpha value is -2.82. The zero-order chi connectivity index (χ0) is 23.5. The Balaban J connectivity index is 1.53. The van der Waals surface area contributed by atoms with Crippen LogP contribution in [-0.4, -0.2) is 54.4 Å². The van der Waals surface area contributed by atoms with Gasteiger partial charge in [0.15, 0.2) is 14.6 Å². The Labute approximate surface area is 192 Å². The molecule has 4 rings (SSSR count). The van der Waals surface area contributed by atoms with Crippen molar-refractivity contribution in [1.29, 1.82) is 0 Å². The molecule has 1 aromatic carbocycles. The molecule has 176 valence electrons. The minimum absolute atomic E-state index is 0.0238. The highest BCUT2D eigenvalue weighted by atomic mass is 32.2. The van der Waals surface area contributed by atoms with Gasteiger partial charge < -0.3 is 10.1 Å². The van der Waals surface area contributed by atoms with Crippen molar-refractivity contribution in [3.63, 3.8) is 0 Å². The van der Waals surface area contributed by atoms with E-state index >= 15 is 0 Å². The van der Waals surface area contributed by atoms with Crippen molar-refractivity contribution in [2.45, 2.75) is 54.2 Å². The number of benzene rings is 1. The summed E-state index contributed by atoms with van der Waals surface area (Å²) in [5.74, 6) is -1.10. The Morgan fingerprint density at radius 1 is 1.03 bits per heavy atom. The molecule has 0 bridgehead atoms. The predicted molar refractivity (Wildman–Crippen MR) is 119 cm³/mol. The maximum atomic E-state index is 13.3. The van der Waals surface area contributed by atoms with E-state index in [0.717, 1.165) is 25.7 Å². The van der Waals surface area contributed by atoms with Crippen LogP contribution >= 0.6 is 0 Å². The molecule has 0 unspecified atom stereocenters. The molecule has 9 nitrogen and oxygen atoms in total. The first kappa shape index (κ1) is 23.3. The molecule has 1 aliphatic heterocycles. The van der Waals surface area contributed by atoms with Crippen molar-refractivity contribution in [2.75, 3.05) is 13.2 Å². The quantitative estimate of drug-likeness (QED) is 0.433. The number of carbonyl (C=O) groups excluding carboxylic acids is 2. The summed E-state index contributed by atoms with van der Waals surface area (Å²) in [6, 6.07) is 9.70. The van der Waals surface area contributed by atoms with Gasteiger partial charge in [-0.15, -0.1) is 0 Å². The third-order valence-electron chi connectivity index (χ3n) is 6.51. The molecule has 2 heterocycles. The zero-order valence-corrected chi connectivity index (χ0v) is 18.9. The Kier molecular flexibility index (Phi) is 6.78. The molecule has 0 atom stereocenters. The van der Waals surface area contributed by atoms with E-state index in [9.17, 15) is 18.0 Å². The second kappa shape index (κ2) is 9.58. The lowest BCUT2D eigenvalue weighted by atomic mass is 9.98. The molecule has 33 heavy (non-hydrogen) atoms. The third-order valence-corrected chi connectivity index (χ3v) is 9.02. The van der Waals surface area contributed by atoms with Gasteiger partial charge in [0, 0.05) is 31.0 Å². The normalized spacial score (nSPS) is 18.6. The van der Waals surface area contributed by atoms with Gasteiger partial charge in [-0.3, -0.25) is 19.8 Å². The van der Waals surface area contributed by atoms with Crippen LogP contribution in [0.3, 0.4) is 0 Å². The van der Waals surface area contributed by atoms with Crippen molar-refractivity contribution in [1.82, 2.24) is 15.8 Å². The Morgan fingerprint density at radius 2 is 1.70 bits per heavy atom. The van der Waals surface area contributed by atoms with Crippen LogP contribution in [0.2, 0.25) is 0 Å². The van der Waals surface area contributed by atoms with Crippen LogP contribution in [0.15, 0.2) is 47.5 Å². The largest absolute Gasteiger partial charge is 0.381 e. The van der Waals surface area contributed by atoms with Gasteiger partial charge in [0.2, 0.25) is 0 Å². The molecule has 1 aliphatic carbocycles. The van der Waals surface area contributed by atoms with Crippen LogP contribution in [0.4, 0.5) is 0 Å². The smallest absolute Gasteiger partial charge is 0.265 e. The van der Waals surface area contributed by atoms with Crippen LogP contribution in [-0.2, 0) is 19.4 Å². The molecular formula is C23H27N3O6S. The number of pyridine rings is 1. The van der Waals surface area contributed by atoms with Gasteiger partial charge in [0.1, 0.15) is 0 Å². The van der Waals surface area contributed by atoms with Crippen molar-refractivity contribution in [2.24, 2.45) is 0 Å². The molecule has 1 saturated heterocycles. The van der Waals surface area contributed by atoms with E-state index in [-0.39, 0.29) is 42.9 Å². The first-order valence-corrected chi connectivity index (χ1v) is 12.5. The Morgan fingerprint density at radius 3 is 2.27 bits per heavy atom. The SMILES string of the molecule is O=C(NC1CCCC1)c1ccc(-c2ccc(S(=O)(=O)C3(C(=O)NO)CCOCC3)cc2)nc1. The minimum Gasteiger partial charge on any atom is -0.381 e. The maximum absolute atomic E-state index is 13.3. The number of nitrogens with one attached hydrogen (secondary N) is 2. The summed E-state index contributed by atoms with van der Waals surface area (Å²) in [6.07, 6.45) is 5.68. The second-order valence-electron chi connectivity index (χ2n) is 8.46. The molecule has 1 saturated carbocycles. The lowest BCUT2D eigenvalue weighted by Gasteiger charge is -2.34. The predicted octanol–water partition coefficient (Wildman–Crippen LogP) is 2.25. The zero-order valence-electron chi connectivity index (χ0n) is 18.1. The van der Waals surface area contributed by atoms with E-state index in [1.165, 1.54) is 23.8 Å². The fraction of sp³-hybridized carbons (Fsp3) is 0.435. The van der Waals surface area contributed by atoms with Gasteiger partial charge in [0.25, 0.3) is 11.8 Å². The van der Waals surface area contributed by atoms with Crippen LogP contribution in [0.5, 0.6) is 0 Å². The van der Waals surface area contributed by atoms with E-state index in [1.54, 1.807) is 24.3 Å². The van der Waals surface area contributed by atoms with Crippen LogP contribution in [0, 0.1) is 0 Å². The standard InChI is InChI=1S/C23H27N3O6S/c27-21(25-18-3-1-2-4-18)17-7-10-20(24-15-17)16-5-8-19(9-6-16)33(30,31)23(22(28)26-29)11-13-32-14-12-23/h5-10,15,18,29H,1-4,11-14H2,(H,25,27)(H,26,28). The summed E-state index contributed by atoms with van der Waals surface area (Å²) in [4.78, 5) is 29.1. The van der Waals surface area contributed by atoms with Crippen molar-refractivity contribution in [3.8, 4) is 11.3 Å². The summed E-state index contributed by atoms with van der Waals surface area (Å²) in [5.41, 5.74) is 3.24. The van der Waals surface area contributed by atoms with Crippen molar-refractivity contribution in [3.05, 3.63) is 48.2 Å². The number of carbonyl (C=O) groups is 2. The summed E-state index contributed by atoms with van der Waals surface area (Å²) in [6.45, 7) is 0.213. The highest BCUT2D eigenvalue weighted by molar-refractivity contribution is 7.93. The number of hydrogen-bond donors (Lipinski definition) is 3. The lowest BCUT2D eigenvalue weighted by molar-refractivity contribution is -0.134. The number of hydrogen-bond acceptors (Lipinski definition) is 7. The minimum atomic E-state index is -4.09. The fourth-order valence-corrected chi connectivity index (χ4v) is 6.43. The molecule has 0 radical (unpaired) electrons. The third kappa shape index (κ3) is 4.50. The summed E-state index contributed by atoms with van der Waals surface area (Å²) in [7, 11) is -4.09. The summed E-state index contributed by atoms with van der Waals surface area (Å²) >= 11 is 0. The van der Waals surface area contributed by atoms with E-state index < -0.39 is 20.5 Å². The van der Waals surface area contributed by atoms with E-state index in [1.807, 2.05) is 0 Å². The fourth-order valence-electron chi connectivity index (χ4n) is 4.49. The first-order chi connectivity index (χ1) is 15.9. The topological polar surface area (TPSA) is 135 Å². The van der Waals surface area contributed by atoms with Gasteiger partial charge in [-0.05, 0) is 49.9 Å². The maximum Gasteiger partial charge on any atom is 0.265 e. The monoisotopic (exact) mass is 473 g/mol. The lowest BCUT2D eigenvalue weighted by Crippen LogP contribution is -2.54. The van der Waals surface area contributed by atoms with Gasteiger partial charge in [-0.1, -0.05) is 25.0 Å².